The minimum atomic E-state index is -0.907. The van der Waals surface area contributed by atoms with Crippen LogP contribution in [0.2, 0.25) is 0 Å². The van der Waals surface area contributed by atoms with E-state index in [9.17, 15) is 29.0 Å². The summed E-state index contributed by atoms with van der Waals surface area (Å²) in [5, 5.41) is 21.3. The Bertz CT molecular complexity index is 657. The van der Waals surface area contributed by atoms with Crippen molar-refractivity contribution in [3.63, 3.8) is 0 Å². The van der Waals surface area contributed by atoms with Gasteiger partial charge in [-0.1, -0.05) is 0 Å². The van der Waals surface area contributed by atoms with Crippen LogP contribution in [0.1, 0.15) is 0 Å². The van der Waals surface area contributed by atoms with E-state index in [-0.39, 0.29) is 0 Å². The molecule has 0 N–H and O–H groups in total. The maximum absolute atomic E-state index is 13.7. The Morgan fingerprint density at radius 3 is 1.40 bits per heavy atom. The fourth-order valence-electron chi connectivity index (χ4n) is 1.67. The minimum Gasteiger partial charge on any atom is -0.258 e. The number of benzene rings is 2. The van der Waals surface area contributed by atoms with Gasteiger partial charge in [0, 0.05) is 35.4 Å². The van der Waals surface area contributed by atoms with Crippen LogP contribution < -0.4 is 0 Å². The molecule has 0 saturated carbocycles. The molecule has 102 valence electrons. The van der Waals surface area contributed by atoms with Crippen molar-refractivity contribution in [2.45, 2.75) is 0 Å². The van der Waals surface area contributed by atoms with Crippen molar-refractivity contribution in [2.75, 3.05) is 0 Å². The molecule has 8 heteroatoms. The first-order valence-electron chi connectivity index (χ1n) is 5.28. The lowest BCUT2D eigenvalue weighted by Crippen LogP contribution is -1.95. The fourth-order valence-corrected chi connectivity index (χ4v) is 1.67. The molecule has 0 aliphatic heterocycles. The normalized spacial score (nSPS) is 10.3. The van der Waals surface area contributed by atoms with Gasteiger partial charge in [-0.25, -0.2) is 8.78 Å². The summed E-state index contributed by atoms with van der Waals surface area (Å²) in [4.78, 5) is 19.7. The zero-order chi connectivity index (χ0) is 14.9. The molecule has 20 heavy (non-hydrogen) atoms. The molecule has 0 aliphatic rings. The van der Waals surface area contributed by atoms with Crippen LogP contribution in [-0.4, -0.2) is 9.85 Å². The molecule has 0 atom stereocenters. The van der Waals surface area contributed by atoms with Crippen LogP contribution >= 0.6 is 0 Å². The topological polar surface area (TPSA) is 86.3 Å². The molecule has 0 fully saturated rings. The highest BCUT2D eigenvalue weighted by Gasteiger charge is 2.18. The Labute approximate surface area is 110 Å². The van der Waals surface area contributed by atoms with Crippen LogP contribution in [0.4, 0.5) is 20.2 Å². The van der Waals surface area contributed by atoms with E-state index in [0.717, 1.165) is 36.4 Å². The lowest BCUT2D eigenvalue weighted by molar-refractivity contribution is -0.385. The Kier molecular flexibility index (Phi) is 3.38. The SMILES string of the molecule is O=[N+]([O-])c1ccc(F)c(-c2cc([N+](=O)[O-])ccc2F)c1. The Morgan fingerprint density at radius 2 is 1.10 bits per heavy atom. The summed E-state index contributed by atoms with van der Waals surface area (Å²) in [5.41, 5.74) is -1.68. The Morgan fingerprint density at radius 1 is 0.750 bits per heavy atom. The molecule has 0 bridgehead atoms. The van der Waals surface area contributed by atoms with Crippen LogP contribution in [0.25, 0.3) is 11.1 Å². The van der Waals surface area contributed by atoms with Crippen molar-refractivity contribution in [3.8, 4) is 11.1 Å². The molecular formula is C12H6F2N2O4. The van der Waals surface area contributed by atoms with E-state index >= 15 is 0 Å². The minimum absolute atomic E-state index is 0.402. The number of hydrogen-bond acceptors (Lipinski definition) is 4. The molecule has 0 amide bonds. The molecular weight excluding hydrogens is 274 g/mol. The number of nitrogens with zero attached hydrogens (tertiary/aromatic N) is 2. The predicted molar refractivity (Wildman–Crippen MR) is 65.1 cm³/mol. The molecule has 2 aromatic carbocycles. The molecule has 0 aromatic heterocycles. The third kappa shape index (κ3) is 2.44. The summed E-state index contributed by atoms with van der Waals surface area (Å²) in [6, 6.07) is 5.13. The quantitative estimate of drug-likeness (QED) is 0.636. The van der Waals surface area contributed by atoms with Crippen molar-refractivity contribution in [1.29, 1.82) is 0 Å². The molecule has 6 nitrogen and oxygen atoms in total. The summed E-state index contributed by atoms with van der Waals surface area (Å²) < 4.78 is 27.3. The first-order chi connectivity index (χ1) is 9.40. The number of non-ortho nitro benzene ring substituents is 2. The molecule has 0 spiro atoms. The van der Waals surface area contributed by atoms with Gasteiger partial charge in [-0.05, 0) is 12.1 Å². The van der Waals surface area contributed by atoms with Gasteiger partial charge in [-0.15, -0.1) is 0 Å². The van der Waals surface area contributed by atoms with E-state index in [2.05, 4.69) is 0 Å². The van der Waals surface area contributed by atoms with Crippen LogP contribution in [-0.2, 0) is 0 Å². The average molecular weight is 280 g/mol. The largest absolute Gasteiger partial charge is 0.270 e. The van der Waals surface area contributed by atoms with Crippen molar-refractivity contribution in [3.05, 3.63) is 68.3 Å². The van der Waals surface area contributed by atoms with E-state index < -0.39 is 44.0 Å². The molecule has 2 aromatic rings. The highest BCUT2D eigenvalue weighted by Crippen LogP contribution is 2.31. The summed E-state index contributed by atoms with van der Waals surface area (Å²) in [6.07, 6.45) is 0. The summed E-state index contributed by atoms with van der Waals surface area (Å²) in [7, 11) is 0. The maximum atomic E-state index is 13.7. The zero-order valence-corrected chi connectivity index (χ0v) is 9.75. The van der Waals surface area contributed by atoms with Crippen molar-refractivity contribution >= 4 is 11.4 Å². The zero-order valence-electron chi connectivity index (χ0n) is 9.75. The second kappa shape index (κ2) is 5.00. The molecule has 0 heterocycles. The molecule has 0 aliphatic carbocycles. The molecule has 0 radical (unpaired) electrons. The van der Waals surface area contributed by atoms with E-state index in [1.807, 2.05) is 0 Å². The smallest absolute Gasteiger partial charge is 0.258 e. The van der Waals surface area contributed by atoms with Crippen LogP contribution in [0.5, 0.6) is 0 Å². The monoisotopic (exact) mass is 280 g/mol. The highest BCUT2D eigenvalue weighted by molar-refractivity contribution is 5.69. The lowest BCUT2D eigenvalue weighted by atomic mass is 10.0. The van der Waals surface area contributed by atoms with E-state index in [1.54, 1.807) is 0 Å². The fraction of sp³-hybridized carbons (Fsp3) is 0. The number of halogens is 2. The molecule has 0 saturated heterocycles. The van der Waals surface area contributed by atoms with Gasteiger partial charge >= 0.3 is 0 Å². The van der Waals surface area contributed by atoms with Gasteiger partial charge in [0.2, 0.25) is 0 Å². The lowest BCUT2D eigenvalue weighted by Gasteiger charge is -2.05. The van der Waals surface area contributed by atoms with Crippen LogP contribution in [0, 0.1) is 31.9 Å². The highest BCUT2D eigenvalue weighted by atomic mass is 19.1. The second-order valence-electron chi connectivity index (χ2n) is 3.84. The van der Waals surface area contributed by atoms with Gasteiger partial charge < -0.3 is 0 Å². The van der Waals surface area contributed by atoms with Crippen LogP contribution in [0.3, 0.4) is 0 Å². The van der Waals surface area contributed by atoms with Crippen molar-refractivity contribution < 1.29 is 18.6 Å². The van der Waals surface area contributed by atoms with E-state index in [4.69, 9.17) is 0 Å². The number of nitro groups is 2. The third-order valence-corrected chi connectivity index (χ3v) is 2.61. The molecule has 2 rings (SSSR count). The van der Waals surface area contributed by atoms with E-state index in [0.29, 0.717) is 0 Å². The van der Waals surface area contributed by atoms with Gasteiger partial charge in [-0.2, -0.15) is 0 Å². The summed E-state index contributed by atoms with van der Waals surface area (Å²) >= 11 is 0. The number of hydrogen-bond donors (Lipinski definition) is 0. The summed E-state index contributed by atoms with van der Waals surface area (Å²) in [6.45, 7) is 0. The maximum Gasteiger partial charge on any atom is 0.270 e. The Balaban J connectivity index is 2.67. The predicted octanol–water partition coefficient (Wildman–Crippen LogP) is 3.45. The second-order valence-corrected chi connectivity index (χ2v) is 3.84. The van der Waals surface area contributed by atoms with Gasteiger partial charge in [0.05, 0.1) is 9.85 Å². The van der Waals surface area contributed by atoms with Crippen molar-refractivity contribution in [1.82, 2.24) is 0 Å². The third-order valence-electron chi connectivity index (χ3n) is 2.61. The standard InChI is InChI=1S/C12H6F2N2O4/c13-11-3-1-7(15(17)18)5-9(11)10-6-8(16(19)20)2-4-12(10)14/h1-6H. The Hall–Kier alpha value is -2.90. The van der Waals surface area contributed by atoms with Gasteiger partial charge in [0.25, 0.3) is 11.4 Å². The van der Waals surface area contributed by atoms with E-state index in [1.165, 1.54) is 0 Å². The van der Waals surface area contributed by atoms with Gasteiger partial charge in [-0.3, -0.25) is 20.2 Å². The van der Waals surface area contributed by atoms with Gasteiger partial charge in [0.15, 0.2) is 0 Å². The molecule has 0 unspecified atom stereocenters. The van der Waals surface area contributed by atoms with Crippen molar-refractivity contribution in [2.24, 2.45) is 0 Å². The van der Waals surface area contributed by atoms with Crippen LogP contribution in [0.15, 0.2) is 36.4 Å². The van der Waals surface area contributed by atoms with Gasteiger partial charge in [0.1, 0.15) is 11.6 Å². The summed E-state index contributed by atoms with van der Waals surface area (Å²) in [5.74, 6) is -1.81. The number of nitro benzene ring substituents is 2. The number of rotatable bonds is 3. The first kappa shape index (κ1) is 13.5. The first-order valence-corrected chi connectivity index (χ1v) is 5.28. The average Bonchev–Trinajstić information content (AvgIpc) is 2.39.